The molecule has 4 amide bonds. The molecule has 10 rings (SSSR count). The van der Waals surface area contributed by atoms with Gasteiger partial charge in [0.2, 0.25) is 0 Å². The van der Waals surface area contributed by atoms with Gasteiger partial charge in [0.05, 0.1) is 36.0 Å². The van der Waals surface area contributed by atoms with E-state index in [0.29, 0.717) is 46.9 Å². The van der Waals surface area contributed by atoms with Gasteiger partial charge in [0.1, 0.15) is 0 Å². The molecule has 6 unspecified atom stereocenters. The number of nitrogens with zero attached hydrogens (tertiary/aromatic N) is 2. The first kappa shape index (κ1) is 55.0. The summed E-state index contributed by atoms with van der Waals surface area (Å²) in [7, 11) is 0. The van der Waals surface area contributed by atoms with Crippen molar-refractivity contribution in [1.82, 2.24) is 0 Å². The number of carboxylic acid groups (broad SMARTS) is 2. The summed E-state index contributed by atoms with van der Waals surface area (Å²) in [5.74, 6) is -0.761. The van der Waals surface area contributed by atoms with Gasteiger partial charge in [-0.25, -0.2) is 19.2 Å². The molecule has 14 atom stereocenters. The van der Waals surface area contributed by atoms with Crippen LogP contribution in [0.1, 0.15) is 155 Å². The van der Waals surface area contributed by atoms with Crippen LogP contribution in [0.2, 0.25) is 0 Å². The van der Waals surface area contributed by atoms with Crippen molar-refractivity contribution >= 4 is 70.3 Å². The normalized spacial score (nSPS) is 32.1. The van der Waals surface area contributed by atoms with Gasteiger partial charge in [-0.2, -0.15) is 0 Å². The molecule has 16 nitrogen and oxygen atoms in total. The van der Waals surface area contributed by atoms with Crippen LogP contribution in [0.4, 0.5) is 22.7 Å². The van der Waals surface area contributed by atoms with Crippen LogP contribution in [0, 0.1) is 71.0 Å². The Bertz CT molecular complexity index is 2430. The average Bonchev–Trinajstić information content (AvgIpc) is 3.39. The topological polar surface area (TPSA) is 226 Å². The first-order valence-electron chi connectivity index (χ1n) is 29.0. The van der Waals surface area contributed by atoms with E-state index < -0.39 is 47.5 Å². The summed E-state index contributed by atoms with van der Waals surface area (Å²) < 4.78 is 10.0. The molecule has 0 aromatic heterocycles. The Balaban J connectivity index is 0.000000187. The average molecular weight is 1050 g/mol. The van der Waals surface area contributed by atoms with Crippen LogP contribution in [0.25, 0.3) is 0 Å². The van der Waals surface area contributed by atoms with Gasteiger partial charge in [0, 0.05) is 12.1 Å². The van der Waals surface area contributed by atoms with Crippen molar-refractivity contribution in [2.24, 2.45) is 71.0 Å². The zero-order valence-electron chi connectivity index (χ0n) is 44.5. The molecule has 8 saturated carbocycles. The van der Waals surface area contributed by atoms with Crippen molar-refractivity contribution in [2.75, 3.05) is 33.6 Å². The molecule has 0 aliphatic heterocycles. The third kappa shape index (κ3) is 12.3. The molecule has 8 fully saturated rings. The predicted molar refractivity (Wildman–Crippen MR) is 285 cm³/mol. The summed E-state index contributed by atoms with van der Waals surface area (Å²) in [6.07, 6.45) is 26.5. The van der Waals surface area contributed by atoms with E-state index in [1.807, 2.05) is 0 Å². The molecule has 0 heterocycles. The summed E-state index contributed by atoms with van der Waals surface area (Å²) >= 11 is 0. The lowest BCUT2D eigenvalue weighted by Crippen LogP contribution is -2.53. The van der Waals surface area contributed by atoms with Crippen LogP contribution < -0.4 is 20.4 Å². The van der Waals surface area contributed by atoms with Gasteiger partial charge in [-0.3, -0.25) is 29.0 Å². The number of nitrogens with one attached hydrogen (secondary N) is 2. The zero-order chi connectivity index (χ0) is 53.6. The number of rotatable bonds is 10. The molecule has 0 radical (unpaired) electrons. The van der Waals surface area contributed by atoms with E-state index in [4.69, 9.17) is 14.6 Å². The first-order chi connectivity index (χ1) is 36.7. The molecule has 8 aliphatic rings. The first-order valence-corrected chi connectivity index (χ1v) is 29.0. The number of esters is 2. The Hall–Kier alpha value is -5.80. The molecule has 412 valence electrons. The number of hydrogen-bond donors (Lipinski definition) is 4. The van der Waals surface area contributed by atoms with Crippen molar-refractivity contribution in [3.63, 3.8) is 0 Å². The van der Waals surface area contributed by atoms with Crippen molar-refractivity contribution in [3.05, 3.63) is 48.5 Å². The van der Waals surface area contributed by atoms with Crippen LogP contribution in [-0.4, -0.2) is 83.0 Å². The molecule has 2 aromatic rings. The number of anilines is 4. The number of ether oxygens (including phenoxy) is 2. The molecule has 2 aromatic carbocycles. The lowest BCUT2D eigenvalue weighted by Gasteiger charge is -2.53. The Morgan fingerprint density at radius 2 is 0.816 bits per heavy atom. The lowest BCUT2D eigenvalue weighted by atomic mass is 9.54. The van der Waals surface area contributed by atoms with Crippen molar-refractivity contribution in [1.29, 1.82) is 0 Å². The maximum absolute atomic E-state index is 13.7. The van der Waals surface area contributed by atoms with Gasteiger partial charge in [-0.05, 0) is 173 Å². The summed E-state index contributed by atoms with van der Waals surface area (Å²) in [4.78, 5) is 102. The third-order valence-corrected chi connectivity index (χ3v) is 19.5. The van der Waals surface area contributed by atoms with Crippen LogP contribution in [0.5, 0.6) is 0 Å². The molecule has 0 spiro atoms. The highest BCUT2D eigenvalue weighted by Gasteiger charge is 2.51. The molecular formula is C60H80N4O12. The summed E-state index contributed by atoms with van der Waals surface area (Å²) in [6, 6.07) is 12.8. The van der Waals surface area contributed by atoms with E-state index in [2.05, 4.69) is 10.6 Å². The minimum absolute atomic E-state index is 0.0792. The highest BCUT2D eigenvalue weighted by Crippen LogP contribution is 2.57. The standard InChI is InChI=1S/C32H44N2O6.C28H36N2O6/c1-3-39-31(37)29(35)33-26-13-5-6-14-27(26)34(30(36)32(38)40-4-2)25-18-22-11-8-12-23(19-25)28(22)24-16-20-9-7-10-21(15-20)17-24;31-25(27(33)34)29-22-9-1-2-10-23(22)30(26(32)28(35)36)21-14-18-7-4-8-19(15-21)24(18)20-12-16-5-3-6-17(11-16)13-20/h5-6,13-14,20-25,28H,3-4,7-12,15-19H2,1-2H3,(H,33,35);1-2,9-10,16-21,24H,3-8,11-15H2,(H,29,31)(H,33,34)(H,35,36)/t20-,21+,22-,23+,24?,25?,28?;16-,17+,18-,19+,20?,21?,24?. The number of aliphatic carboxylic acids is 2. The monoisotopic (exact) mass is 1050 g/mol. The van der Waals surface area contributed by atoms with Crippen molar-refractivity contribution < 1.29 is 58.0 Å². The quantitative estimate of drug-likeness (QED) is 0.129. The summed E-state index contributed by atoms with van der Waals surface area (Å²) in [6.45, 7) is 3.49. The number of carbonyl (C=O) groups excluding carboxylic acids is 6. The number of benzene rings is 2. The third-order valence-electron chi connectivity index (χ3n) is 19.5. The Kier molecular flexibility index (Phi) is 17.9. The van der Waals surface area contributed by atoms with E-state index in [0.717, 1.165) is 86.9 Å². The second-order valence-corrected chi connectivity index (χ2v) is 23.9. The number of amides is 4. The van der Waals surface area contributed by atoms with Crippen LogP contribution in [0.15, 0.2) is 48.5 Å². The SMILES string of the molecule is CCOC(=O)C(=O)Nc1ccccc1N(C(=O)C(=O)OCC)C1C[C@H]2CCC[C@@H](C1)C2C1C[C@H]2CCC[C@@H](C1)C2.O=C(O)C(=O)Nc1ccccc1N(C(=O)C(=O)O)C1C[C@H]2CCC[C@@H](C1)C2C1C[C@H]2CCC[C@@H](C1)C2. The fourth-order valence-corrected chi connectivity index (χ4v) is 17.1. The molecule has 8 aliphatic carbocycles. The van der Waals surface area contributed by atoms with Gasteiger partial charge in [-0.1, -0.05) is 101 Å². The number of carboxylic acids is 2. The largest absolute Gasteiger partial charge is 0.474 e. The maximum Gasteiger partial charge on any atom is 0.397 e. The smallest absolute Gasteiger partial charge is 0.397 e. The van der Waals surface area contributed by atoms with Gasteiger partial charge < -0.3 is 30.3 Å². The second kappa shape index (κ2) is 24.7. The Morgan fingerprint density at radius 3 is 1.21 bits per heavy atom. The van der Waals surface area contributed by atoms with E-state index >= 15 is 0 Å². The summed E-state index contributed by atoms with van der Waals surface area (Å²) in [5, 5.41) is 23.7. The van der Waals surface area contributed by atoms with Gasteiger partial charge in [0.15, 0.2) is 0 Å². The highest BCUT2D eigenvalue weighted by atomic mass is 16.5. The van der Waals surface area contributed by atoms with Crippen LogP contribution in [-0.2, 0) is 47.8 Å². The lowest BCUT2D eigenvalue weighted by molar-refractivity contribution is -0.153. The number of fused-ring (bicyclic) bond motifs is 8. The van der Waals surface area contributed by atoms with E-state index in [9.17, 15) is 43.5 Å². The number of carbonyl (C=O) groups is 8. The number of para-hydroxylation sites is 4. The maximum atomic E-state index is 13.7. The fourth-order valence-electron chi connectivity index (χ4n) is 17.1. The molecular weight excluding hydrogens is 969 g/mol. The minimum atomic E-state index is -1.65. The molecule has 8 bridgehead atoms. The van der Waals surface area contributed by atoms with Crippen LogP contribution in [0.3, 0.4) is 0 Å². The minimum Gasteiger partial charge on any atom is -0.474 e. The molecule has 4 N–H and O–H groups in total. The molecule has 16 heteroatoms. The number of hydrogen-bond acceptors (Lipinski definition) is 10. The van der Waals surface area contributed by atoms with E-state index in [1.54, 1.807) is 61.2 Å². The summed E-state index contributed by atoms with van der Waals surface area (Å²) in [5.41, 5.74) is 1.08. The second-order valence-electron chi connectivity index (χ2n) is 23.9. The van der Waals surface area contributed by atoms with Crippen molar-refractivity contribution in [3.8, 4) is 0 Å². The van der Waals surface area contributed by atoms with E-state index in [-0.39, 0.29) is 36.7 Å². The van der Waals surface area contributed by atoms with E-state index in [1.165, 1.54) is 101 Å². The fraction of sp³-hybridized carbons (Fsp3) is 0.667. The van der Waals surface area contributed by atoms with Gasteiger partial charge >= 0.3 is 47.5 Å². The Morgan fingerprint density at radius 1 is 0.447 bits per heavy atom. The zero-order valence-corrected chi connectivity index (χ0v) is 44.5. The predicted octanol–water partition coefficient (Wildman–Crippen LogP) is 10.0. The molecule has 0 saturated heterocycles. The molecule has 76 heavy (non-hydrogen) atoms. The van der Waals surface area contributed by atoms with Gasteiger partial charge in [-0.15, -0.1) is 0 Å². The highest BCUT2D eigenvalue weighted by molar-refractivity contribution is 6.40. The van der Waals surface area contributed by atoms with Crippen LogP contribution >= 0.6 is 0 Å². The van der Waals surface area contributed by atoms with Gasteiger partial charge in [0.25, 0.3) is 0 Å². The van der Waals surface area contributed by atoms with Crippen molar-refractivity contribution in [2.45, 2.75) is 167 Å². The Labute approximate surface area is 447 Å².